The predicted octanol–water partition coefficient (Wildman–Crippen LogP) is 5.10. The molecule has 0 unspecified atom stereocenters. The third kappa shape index (κ3) is 4.76. The number of methoxy groups -OCH3 is 1. The number of sulfonamides is 1. The number of hydrogen-bond acceptors (Lipinski definition) is 6. The van der Waals surface area contributed by atoms with Gasteiger partial charge in [-0.3, -0.25) is 4.72 Å². The standard InChI is InChI=1S/C22H20FN3O3S2/c1-6-14(3)24-22-25-15(4)21(30-22)16-10-11-18(29-5)19(12-16)31(27,28)26-20-13(2)8-7-9-17(20)23/h1,7-12,26H,2-5H3/b24-14-. The molecule has 0 spiro atoms. The first-order valence-corrected chi connectivity index (χ1v) is 11.4. The molecule has 0 amide bonds. The van der Waals surface area contributed by atoms with Crippen molar-refractivity contribution in [2.75, 3.05) is 11.8 Å². The topological polar surface area (TPSA) is 80.7 Å². The summed E-state index contributed by atoms with van der Waals surface area (Å²) in [5.74, 6) is 1.91. The van der Waals surface area contributed by atoms with Crippen LogP contribution in [0.25, 0.3) is 10.4 Å². The lowest BCUT2D eigenvalue weighted by molar-refractivity contribution is 0.403. The predicted molar refractivity (Wildman–Crippen MR) is 122 cm³/mol. The number of thiazole rings is 1. The molecule has 1 N–H and O–H groups in total. The van der Waals surface area contributed by atoms with E-state index in [0.29, 0.717) is 27.7 Å². The third-order valence-electron chi connectivity index (χ3n) is 4.43. The second-order valence-corrected chi connectivity index (χ2v) is 9.28. The first-order valence-electron chi connectivity index (χ1n) is 9.12. The van der Waals surface area contributed by atoms with E-state index in [1.165, 1.54) is 36.6 Å². The van der Waals surface area contributed by atoms with E-state index in [-0.39, 0.29) is 16.3 Å². The Kier molecular flexibility index (Phi) is 6.43. The zero-order valence-corrected chi connectivity index (χ0v) is 19.0. The van der Waals surface area contributed by atoms with Crippen molar-refractivity contribution >= 4 is 37.9 Å². The number of anilines is 1. The Morgan fingerprint density at radius 1 is 1.29 bits per heavy atom. The van der Waals surface area contributed by atoms with E-state index in [1.807, 2.05) is 0 Å². The second kappa shape index (κ2) is 8.88. The van der Waals surface area contributed by atoms with Crippen molar-refractivity contribution in [3.8, 4) is 28.5 Å². The quantitative estimate of drug-likeness (QED) is 0.412. The van der Waals surface area contributed by atoms with Crippen LogP contribution in [0.15, 0.2) is 46.3 Å². The van der Waals surface area contributed by atoms with Crippen molar-refractivity contribution < 1.29 is 17.5 Å². The smallest absolute Gasteiger partial charge is 0.265 e. The minimum atomic E-state index is -4.15. The van der Waals surface area contributed by atoms with Crippen molar-refractivity contribution in [1.82, 2.24) is 4.98 Å². The minimum Gasteiger partial charge on any atom is -0.495 e. The molecule has 9 heteroatoms. The maximum atomic E-state index is 14.2. The maximum absolute atomic E-state index is 14.2. The highest BCUT2D eigenvalue weighted by Crippen LogP contribution is 2.38. The van der Waals surface area contributed by atoms with Crippen LogP contribution in [0.4, 0.5) is 15.2 Å². The summed E-state index contributed by atoms with van der Waals surface area (Å²) in [7, 11) is -2.77. The van der Waals surface area contributed by atoms with Gasteiger partial charge in [-0.25, -0.2) is 22.8 Å². The molecule has 3 rings (SSSR count). The lowest BCUT2D eigenvalue weighted by Gasteiger charge is -2.14. The van der Waals surface area contributed by atoms with Crippen LogP contribution in [-0.4, -0.2) is 26.2 Å². The summed E-state index contributed by atoms with van der Waals surface area (Å²) in [5.41, 5.74) is 2.14. The van der Waals surface area contributed by atoms with Gasteiger partial charge in [0.1, 0.15) is 16.5 Å². The molecule has 0 radical (unpaired) electrons. The molecule has 0 aliphatic heterocycles. The molecule has 0 fully saturated rings. The van der Waals surface area contributed by atoms with Gasteiger partial charge in [0, 0.05) is 0 Å². The van der Waals surface area contributed by atoms with Gasteiger partial charge in [0.25, 0.3) is 10.0 Å². The Bertz CT molecular complexity index is 1300. The van der Waals surface area contributed by atoms with Gasteiger partial charge in [-0.1, -0.05) is 29.4 Å². The monoisotopic (exact) mass is 457 g/mol. The van der Waals surface area contributed by atoms with Gasteiger partial charge in [0.2, 0.25) is 5.13 Å². The van der Waals surface area contributed by atoms with Gasteiger partial charge in [-0.05, 0) is 56.2 Å². The van der Waals surface area contributed by atoms with Crippen molar-refractivity contribution in [3.05, 3.63) is 53.5 Å². The van der Waals surface area contributed by atoms with Crippen LogP contribution in [0.3, 0.4) is 0 Å². The number of nitrogens with zero attached hydrogens (tertiary/aromatic N) is 2. The maximum Gasteiger partial charge on any atom is 0.265 e. The van der Waals surface area contributed by atoms with Crippen LogP contribution in [-0.2, 0) is 10.0 Å². The molecular formula is C22H20FN3O3S2. The number of terminal acetylenes is 1. The van der Waals surface area contributed by atoms with Crippen molar-refractivity contribution in [2.45, 2.75) is 25.7 Å². The summed E-state index contributed by atoms with van der Waals surface area (Å²) >= 11 is 1.29. The summed E-state index contributed by atoms with van der Waals surface area (Å²) in [4.78, 5) is 9.27. The first-order chi connectivity index (χ1) is 14.7. The van der Waals surface area contributed by atoms with Crippen LogP contribution in [0, 0.1) is 32.0 Å². The van der Waals surface area contributed by atoms with Crippen LogP contribution >= 0.6 is 11.3 Å². The van der Waals surface area contributed by atoms with E-state index in [9.17, 15) is 12.8 Å². The average Bonchev–Trinajstić information content (AvgIpc) is 3.10. The van der Waals surface area contributed by atoms with Gasteiger partial charge >= 0.3 is 0 Å². The number of halogens is 1. The van der Waals surface area contributed by atoms with Crippen LogP contribution < -0.4 is 9.46 Å². The molecule has 0 bridgehead atoms. The van der Waals surface area contributed by atoms with E-state index in [4.69, 9.17) is 11.2 Å². The van der Waals surface area contributed by atoms with Gasteiger partial charge in [0.15, 0.2) is 0 Å². The van der Waals surface area contributed by atoms with Crippen molar-refractivity contribution in [1.29, 1.82) is 0 Å². The number of rotatable bonds is 6. The summed E-state index contributed by atoms with van der Waals surface area (Å²) < 4.78 is 48.1. The number of aromatic nitrogens is 1. The molecule has 0 saturated heterocycles. The molecule has 0 atom stereocenters. The molecule has 0 saturated carbocycles. The fourth-order valence-electron chi connectivity index (χ4n) is 2.85. The molecule has 1 aromatic heterocycles. The Morgan fingerprint density at radius 2 is 2.03 bits per heavy atom. The van der Waals surface area contributed by atoms with Crippen LogP contribution in [0.5, 0.6) is 5.75 Å². The molecule has 0 aliphatic carbocycles. The Morgan fingerprint density at radius 3 is 2.68 bits per heavy atom. The molecule has 31 heavy (non-hydrogen) atoms. The molecular weight excluding hydrogens is 437 g/mol. The highest BCUT2D eigenvalue weighted by atomic mass is 32.2. The molecule has 2 aromatic carbocycles. The fourth-order valence-corrected chi connectivity index (χ4v) is 5.17. The van der Waals surface area contributed by atoms with E-state index < -0.39 is 15.8 Å². The van der Waals surface area contributed by atoms with Gasteiger partial charge in [-0.15, -0.1) is 6.42 Å². The normalized spacial score (nSPS) is 11.8. The summed E-state index contributed by atoms with van der Waals surface area (Å²) in [6, 6.07) is 9.08. The first kappa shape index (κ1) is 22.5. The SMILES string of the molecule is C#C/C(C)=N\c1nc(C)c(-c2ccc(OC)c(S(=O)(=O)Nc3c(C)cccc3F)c2)s1. The Balaban J connectivity index is 2.09. The Hall–Kier alpha value is -3.22. The van der Waals surface area contributed by atoms with Crippen molar-refractivity contribution in [2.24, 2.45) is 4.99 Å². The molecule has 1 heterocycles. The Labute approximate surface area is 184 Å². The molecule has 6 nitrogen and oxygen atoms in total. The van der Waals surface area contributed by atoms with Gasteiger partial charge in [-0.2, -0.15) is 0 Å². The number of hydrogen-bond donors (Lipinski definition) is 1. The number of aliphatic imine (C=N–C) groups is 1. The average molecular weight is 458 g/mol. The van der Waals surface area contributed by atoms with Crippen LogP contribution in [0.2, 0.25) is 0 Å². The fraction of sp³-hybridized carbons (Fsp3) is 0.182. The van der Waals surface area contributed by atoms with Gasteiger partial charge in [0.05, 0.1) is 29.1 Å². The lowest BCUT2D eigenvalue weighted by Crippen LogP contribution is -2.16. The van der Waals surface area contributed by atoms with E-state index >= 15 is 0 Å². The number of para-hydroxylation sites is 1. The van der Waals surface area contributed by atoms with E-state index in [0.717, 1.165) is 4.88 Å². The molecule has 160 valence electrons. The number of aryl methyl sites for hydroxylation is 2. The number of nitrogens with one attached hydrogen (secondary N) is 1. The third-order valence-corrected chi connectivity index (χ3v) is 6.90. The summed E-state index contributed by atoms with van der Waals surface area (Å²) in [6.07, 6.45) is 5.34. The largest absolute Gasteiger partial charge is 0.495 e. The lowest BCUT2D eigenvalue weighted by atomic mass is 10.1. The number of ether oxygens (including phenoxy) is 1. The summed E-state index contributed by atoms with van der Waals surface area (Å²) in [6.45, 7) is 5.12. The summed E-state index contributed by atoms with van der Waals surface area (Å²) in [5, 5.41) is 0.475. The van der Waals surface area contributed by atoms with E-state index in [1.54, 1.807) is 39.0 Å². The van der Waals surface area contributed by atoms with Crippen molar-refractivity contribution in [3.63, 3.8) is 0 Å². The number of benzene rings is 2. The van der Waals surface area contributed by atoms with Gasteiger partial charge < -0.3 is 4.74 Å². The highest BCUT2D eigenvalue weighted by Gasteiger charge is 2.24. The molecule has 3 aromatic rings. The molecule has 0 aliphatic rings. The zero-order valence-electron chi connectivity index (χ0n) is 17.4. The van der Waals surface area contributed by atoms with E-state index in [2.05, 4.69) is 20.6 Å². The second-order valence-electron chi connectivity index (χ2n) is 6.66. The zero-order chi connectivity index (χ0) is 22.8. The minimum absolute atomic E-state index is 0.106. The van der Waals surface area contributed by atoms with Crippen LogP contribution in [0.1, 0.15) is 18.2 Å². The highest BCUT2D eigenvalue weighted by molar-refractivity contribution is 7.92.